The first-order valence-electron chi connectivity index (χ1n) is 8.11. The van der Waals surface area contributed by atoms with Crippen LogP contribution in [-0.2, 0) is 0 Å². The Bertz CT molecular complexity index is 810. The summed E-state index contributed by atoms with van der Waals surface area (Å²) in [7, 11) is 0. The largest absolute Gasteiger partial charge is 0.491 e. The van der Waals surface area contributed by atoms with E-state index in [2.05, 4.69) is 5.32 Å². The number of nitro groups is 1. The van der Waals surface area contributed by atoms with Crippen LogP contribution in [0, 0.1) is 10.1 Å². The summed E-state index contributed by atoms with van der Waals surface area (Å²) in [5, 5.41) is 14.3. The standard InChI is InChI=1S/C18H19ClN2O5/c1-3-9-26-16-8-6-13(19)11-14(16)20-18(22)12-5-7-17(25-4-2)15(10-12)21(23)24/h5-8,10-11H,3-4,9H2,1-2H3,(H,20,22). The van der Waals surface area contributed by atoms with Crippen LogP contribution in [0.3, 0.4) is 0 Å². The lowest BCUT2D eigenvalue weighted by Crippen LogP contribution is -2.13. The number of ether oxygens (including phenoxy) is 2. The highest BCUT2D eigenvalue weighted by Gasteiger charge is 2.19. The van der Waals surface area contributed by atoms with E-state index >= 15 is 0 Å². The van der Waals surface area contributed by atoms with Crippen molar-refractivity contribution in [3.8, 4) is 11.5 Å². The van der Waals surface area contributed by atoms with Crippen LogP contribution in [0.15, 0.2) is 36.4 Å². The Balaban J connectivity index is 2.29. The SMILES string of the molecule is CCCOc1ccc(Cl)cc1NC(=O)c1ccc(OCC)c([N+](=O)[O-])c1. The van der Waals surface area contributed by atoms with Crippen molar-refractivity contribution < 1.29 is 19.2 Å². The average Bonchev–Trinajstić information content (AvgIpc) is 2.61. The second kappa shape index (κ2) is 9.05. The summed E-state index contributed by atoms with van der Waals surface area (Å²) in [6.07, 6.45) is 0.807. The van der Waals surface area contributed by atoms with Crippen LogP contribution in [-0.4, -0.2) is 24.0 Å². The third-order valence-corrected chi connectivity index (χ3v) is 3.60. The van der Waals surface area contributed by atoms with Gasteiger partial charge < -0.3 is 14.8 Å². The summed E-state index contributed by atoms with van der Waals surface area (Å²) in [4.78, 5) is 23.1. The van der Waals surface area contributed by atoms with E-state index in [0.717, 1.165) is 6.42 Å². The van der Waals surface area contributed by atoms with Crippen LogP contribution in [0.5, 0.6) is 11.5 Å². The van der Waals surface area contributed by atoms with Gasteiger partial charge in [-0.3, -0.25) is 14.9 Å². The fraction of sp³-hybridized carbons (Fsp3) is 0.278. The minimum Gasteiger partial charge on any atom is -0.491 e. The Morgan fingerprint density at radius 1 is 1.15 bits per heavy atom. The van der Waals surface area contributed by atoms with Crippen molar-refractivity contribution in [2.75, 3.05) is 18.5 Å². The van der Waals surface area contributed by atoms with Crippen molar-refractivity contribution in [2.24, 2.45) is 0 Å². The van der Waals surface area contributed by atoms with Crippen molar-refractivity contribution >= 4 is 28.9 Å². The minimum absolute atomic E-state index is 0.115. The molecule has 0 fully saturated rings. The Morgan fingerprint density at radius 3 is 2.54 bits per heavy atom. The fourth-order valence-corrected chi connectivity index (χ4v) is 2.38. The molecule has 7 nitrogen and oxygen atoms in total. The number of amides is 1. The molecule has 0 aliphatic carbocycles. The van der Waals surface area contributed by atoms with E-state index in [9.17, 15) is 14.9 Å². The number of carbonyl (C=O) groups is 1. The van der Waals surface area contributed by atoms with Gasteiger partial charge >= 0.3 is 5.69 Å². The van der Waals surface area contributed by atoms with Crippen molar-refractivity contribution in [3.63, 3.8) is 0 Å². The molecule has 2 aromatic rings. The van der Waals surface area contributed by atoms with Crippen molar-refractivity contribution in [1.82, 2.24) is 0 Å². The van der Waals surface area contributed by atoms with Gasteiger partial charge in [0.25, 0.3) is 5.91 Å². The summed E-state index contributed by atoms with van der Waals surface area (Å²) < 4.78 is 10.8. The van der Waals surface area contributed by atoms with Gasteiger partial charge in [0.2, 0.25) is 0 Å². The molecule has 0 bridgehead atoms. The number of carbonyl (C=O) groups excluding carboxylic acids is 1. The molecule has 0 aromatic heterocycles. The van der Waals surface area contributed by atoms with Crippen LogP contribution < -0.4 is 14.8 Å². The van der Waals surface area contributed by atoms with Gasteiger partial charge in [-0.25, -0.2) is 0 Å². The summed E-state index contributed by atoms with van der Waals surface area (Å²) in [5.74, 6) is 0.0774. The minimum atomic E-state index is -0.586. The Morgan fingerprint density at radius 2 is 1.88 bits per heavy atom. The lowest BCUT2D eigenvalue weighted by atomic mass is 10.1. The van der Waals surface area contributed by atoms with E-state index in [1.807, 2.05) is 6.92 Å². The highest BCUT2D eigenvalue weighted by atomic mass is 35.5. The van der Waals surface area contributed by atoms with Crippen LogP contribution in [0.25, 0.3) is 0 Å². The third kappa shape index (κ3) is 4.86. The highest BCUT2D eigenvalue weighted by Crippen LogP contribution is 2.31. The molecule has 1 amide bonds. The quantitative estimate of drug-likeness (QED) is 0.531. The molecule has 0 spiro atoms. The second-order valence-corrected chi connectivity index (χ2v) is 5.75. The Hall–Kier alpha value is -2.80. The number of nitrogens with one attached hydrogen (secondary N) is 1. The fourth-order valence-electron chi connectivity index (χ4n) is 2.21. The smallest absolute Gasteiger partial charge is 0.311 e. The van der Waals surface area contributed by atoms with E-state index < -0.39 is 10.8 Å². The number of hydrogen-bond donors (Lipinski definition) is 1. The van der Waals surface area contributed by atoms with E-state index in [-0.39, 0.29) is 23.6 Å². The molecule has 0 heterocycles. The molecule has 0 saturated heterocycles. The molecule has 1 N–H and O–H groups in total. The highest BCUT2D eigenvalue weighted by molar-refractivity contribution is 6.31. The number of benzene rings is 2. The molecule has 0 aliphatic heterocycles. The molecule has 0 saturated carbocycles. The van der Waals surface area contributed by atoms with Crippen LogP contribution >= 0.6 is 11.6 Å². The lowest BCUT2D eigenvalue weighted by molar-refractivity contribution is -0.385. The maximum Gasteiger partial charge on any atom is 0.311 e. The molecular formula is C18H19ClN2O5. The molecule has 2 aromatic carbocycles. The topological polar surface area (TPSA) is 90.7 Å². The molecule has 0 radical (unpaired) electrons. The van der Waals surface area contributed by atoms with Crippen LogP contribution in [0.4, 0.5) is 11.4 Å². The van der Waals surface area contributed by atoms with E-state index in [0.29, 0.717) is 23.1 Å². The van der Waals surface area contributed by atoms with E-state index in [1.165, 1.54) is 18.2 Å². The lowest BCUT2D eigenvalue weighted by Gasteiger charge is -2.13. The zero-order valence-electron chi connectivity index (χ0n) is 14.5. The number of halogens is 1. The number of anilines is 1. The zero-order chi connectivity index (χ0) is 19.1. The molecule has 2 rings (SSSR count). The van der Waals surface area contributed by atoms with Crippen molar-refractivity contribution in [3.05, 3.63) is 57.1 Å². The molecule has 0 aliphatic rings. The maximum atomic E-state index is 12.5. The number of nitro benzene ring substituents is 1. The van der Waals surface area contributed by atoms with Gasteiger partial charge in [-0.2, -0.15) is 0 Å². The Labute approximate surface area is 156 Å². The molecule has 8 heteroatoms. The average molecular weight is 379 g/mol. The predicted octanol–water partition coefficient (Wildman–Crippen LogP) is 4.69. The number of hydrogen-bond acceptors (Lipinski definition) is 5. The van der Waals surface area contributed by atoms with Crippen LogP contribution in [0.2, 0.25) is 5.02 Å². The summed E-state index contributed by atoms with van der Waals surface area (Å²) in [6.45, 7) is 4.46. The molecule has 0 atom stereocenters. The first-order valence-corrected chi connectivity index (χ1v) is 8.49. The van der Waals surface area contributed by atoms with Gasteiger partial charge in [-0.1, -0.05) is 18.5 Å². The first kappa shape index (κ1) is 19.5. The predicted molar refractivity (Wildman–Crippen MR) is 99.5 cm³/mol. The molecular weight excluding hydrogens is 360 g/mol. The van der Waals surface area contributed by atoms with Gasteiger partial charge in [0.05, 0.1) is 23.8 Å². The van der Waals surface area contributed by atoms with Gasteiger partial charge in [0, 0.05) is 16.7 Å². The monoisotopic (exact) mass is 378 g/mol. The van der Waals surface area contributed by atoms with Crippen molar-refractivity contribution in [2.45, 2.75) is 20.3 Å². The summed E-state index contributed by atoms with van der Waals surface area (Å²) in [5.41, 5.74) is 0.252. The number of nitrogens with zero attached hydrogens (tertiary/aromatic N) is 1. The second-order valence-electron chi connectivity index (χ2n) is 5.32. The van der Waals surface area contributed by atoms with Gasteiger partial charge in [-0.15, -0.1) is 0 Å². The van der Waals surface area contributed by atoms with E-state index in [1.54, 1.807) is 25.1 Å². The normalized spacial score (nSPS) is 10.3. The summed E-state index contributed by atoms with van der Waals surface area (Å²) in [6, 6.07) is 8.93. The summed E-state index contributed by atoms with van der Waals surface area (Å²) >= 11 is 5.99. The van der Waals surface area contributed by atoms with Gasteiger partial charge in [0.15, 0.2) is 5.75 Å². The number of rotatable bonds is 8. The van der Waals surface area contributed by atoms with E-state index in [4.69, 9.17) is 21.1 Å². The molecule has 26 heavy (non-hydrogen) atoms. The molecule has 138 valence electrons. The third-order valence-electron chi connectivity index (χ3n) is 3.37. The van der Waals surface area contributed by atoms with Crippen LogP contribution in [0.1, 0.15) is 30.6 Å². The van der Waals surface area contributed by atoms with Gasteiger partial charge in [-0.05, 0) is 43.7 Å². The zero-order valence-corrected chi connectivity index (χ0v) is 15.2. The first-order chi connectivity index (χ1) is 12.5. The van der Waals surface area contributed by atoms with Crippen molar-refractivity contribution in [1.29, 1.82) is 0 Å². The molecule has 0 unspecified atom stereocenters. The Kier molecular flexibility index (Phi) is 6.80. The maximum absolute atomic E-state index is 12.5. The van der Waals surface area contributed by atoms with Gasteiger partial charge in [0.1, 0.15) is 5.75 Å².